The summed E-state index contributed by atoms with van der Waals surface area (Å²) >= 11 is 0. The maximum absolute atomic E-state index is 10.8. The summed E-state index contributed by atoms with van der Waals surface area (Å²) in [7, 11) is 0. The van der Waals surface area contributed by atoms with Crippen molar-refractivity contribution in [2.75, 3.05) is 13.1 Å². The predicted octanol–water partition coefficient (Wildman–Crippen LogP) is 1.97. The molecule has 1 fully saturated rings. The number of piperidine rings is 1. The molecule has 0 radical (unpaired) electrons. The second kappa shape index (κ2) is 6.17. The first-order valence-electron chi connectivity index (χ1n) is 6.72. The lowest BCUT2D eigenvalue weighted by Gasteiger charge is -2.34. The van der Waals surface area contributed by atoms with Crippen molar-refractivity contribution in [1.29, 1.82) is 0 Å². The van der Waals surface area contributed by atoms with Crippen LogP contribution in [0.1, 0.15) is 30.9 Å². The van der Waals surface area contributed by atoms with E-state index >= 15 is 0 Å². The number of carboxylic acid groups (broad SMARTS) is 1. The molecule has 2 N–H and O–H groups in total. The molecule has 0 spiro atoms. The first-order chi connectivity index (χ1) is 9.09. The first kappa shape index (κ1) is 14.0. The number of carboxylic acids is 1. The van der Waals surface area contributed by atoms with Crippen molar-refractivity contribution in [2.24, 2.45) is 0 Å². The minimum absolute atomic E-state index is 0.0501. The molecule has 0 bridgehead atoms. The van der Waals surface area contributed by atoms with Crippen molar-refractivity contribution in [1.82, 2.24) is 5.32 Å². The van der Waals surface area contributed by atoms with Gasteiger partial charge in [-0.25, -0.2) is 0 Å². The number of hydrogen-bond acceptors (Lipinski definition) is 3. The monoisotopic (exact) mass is 263 g/mol. The summed E-state index contributed by atoms with van der Waals surface area (Å²) in [6.07, 6.45) is 2.21. The molecule has 1 unspecified atom stereocenters. The molecule has 0 aliphatic carbocycles. The SMILES string of the molecule is CC1(OCc2ccccc2CC(=O)O)CCCNC1. The fraction of sp³-hybridized carbons (Fsp3) is 0.533. The van der Waals surface area contributed by atoms with Crippen molar-refractivity contribution >= 4 is 5.97 Å². The lowest BCUT2D eigenvalue weighted by Crippen LogP contribution is -2.45. The molecule has 1 aliphatic rings. The van der Waals surface area contributed by atoms with E-state index in [9.17, 15) is 4.79 Å². The third-order valence-corrected chi connectivity index (χ3v) is 3.59. The van der Waals surface area contributed by atoms with Gasteiger partial charge in [-0.2, -0.15) is 0 Å². The highest BCUT2D eigenvalue weighted by Crippen LogP contribution is 2.22. The topological polar surface area (TPSA) is 58.6 Å². The highest BCUT2D eigenvalue weighted by molar-refractivity contribution is 5.70. The van der Waals surface area contributed by atoms with Crippen LogP contribution in [-0.4, -0.2) is 29.8 Å². The Balaban J connectivity index is 2.00. The summed E-state index contributed by atoms with van der Waals surface area (Å²) in [6.45, 7) is 4.49. The van der Waals surface area contributed by atoms with Gasteiger partial charge in [0, 0.05) is 6.54 Å². The number of ether oxygens (including phenoxy) is 1. The van der Waals surface area contributed by atoms with Gasteiger partial charge >= 0.3 is 5.97 Å². The molecule has 0 amide bonds. The zero-order valence-electron chi connectivity index (χ0n) is 11.3. The molecule has 0 saturated carbocycles. The Kier molecular flexibility index (Phi) is 4.56. The largest absolute Gasteiger partial charge is 0.481 e. The fourth-order valence-corrected chi connectivity index (χ4v) is 2.44. The van der Waals surface area contributed by atoms with Gasteiger partial charge in [0.05, 0.1) is 18.6 Å². The smallest absolute Gasteiger partial charge is 0.307 e. The molecular weight excluding hydrogens is 242 g/mol. The fourth-order valence-electron chi connectivity index (χ4n) is 2.44. The van der Waals surface area contributed by atoms with Crippen LogP contribution in [0.25, 0.3) is 0 Å². The lowest BCUT2D eigenvalue weighted by molar-refractivity contribution is -0.136. The van der Waals surface area contributed by atoms with Gasteiger partial charge in [0.25, 0.3) is 0 Å². The van der Waals surface area contributed by atoms with Gasteiger partial charge in [0.1, 0.15) is 0 Å². The summed E-state index contributed by atoms with van der Waals surface area (Å²) in [5.41, 5.74) is 1.66. The molecule has 0 aromatic heterocycles. The Morgan fingerprint density at radius 3 is 2.79 bits per heavy atom. The molecule has 4 nitrogen and oxygen atoms in total. The molecule has 1 saturated heterocycles. The Morgan fingerprint density at radius 2 is 2.16 bits per heavy atom. The number of rotatable bonds is 5. The van der Waals surface area contributed by atoms with E-state index < -0.39 is 5.97 Å². The Labute approximate surface area is 113 Å². The van der Waals surface area contributed by atoms with Gasteiger partial charge in [0.15, 0.2) is 0 Å². The van der Waals surface area contributed by atoms with Crippen LogP contribution < -0.4 is 5.32 Å². The summed E-state index contributed by atoms with van der Waals surface area (Å²) in [4.78, 5) is 10.8. The maximum Gasteiger partial charge on any atom is 0.307 e. The van der Waals surface area contributed by atoms with E-state index in [1.165, 1.54) is 0 Å². The van der Waals surface area contributed by atoms with E-state index in [-0.39, 0.29) is 12.0 Å². The highest BCUT2D eigenvalue weighted by atomic mass is 16.5. The second-order valence-electron chi connectivity index (χ2n) is 5.36. The zero-order valence-corrected chi connectivity index (χ0v) is 11.3. The Bertz CT molecular complexity index is 439. The number of benzene rings is 1. The Hall–Kier alpha value is -1.39. The van der Waals surface area contributed by atoms with E-state index in [2.05, 4.69) is 12.2 Å². The second-order valence-corrected chi connectivity index (χ2v) is 5.36. The number of hydrogen-bond donors (Lipinski definition) is 2. The van der Waals surface area contributed by atoms with Gasteiger partial charge < -0.3 is 15.2 Å². The lowest BCUT2D eigenvalue weighted by atomic mass is 9.96. The Morgan fingerprint density at radius 1 is 1.42 bits per heavy atom. The van der Waals surface area contributed by atoms with Crippen molar-refractivity contribution in [3.8, 4) is 0 Å². The van der Waals surface area contributed by atoms with E-state index in [1.807, 2.05) is 24.3 Å². The minimum Gasteiger partial charge on any atom is -0.481 e. The molecule has 1 atom stereocenters. The standard InChI is InChI=1S/C15H21NO3/c1-15(7-4-8-16-11-15)19-10-13-6-3-2-5-12(13)9-14(17)18/h2-3,5-6,16H,4,7-11H2,1H3,(H,17,18). The average molecular weight is 263 g/mol. The van der Waals surface area contributed by atoms with Crippen molar-refractivity contribution in [2.45, 2.75) is 38.4 Å². The average Bonchev–Trinajstić information content (AvgIpc) is 2.38. The number of nitrogens with one attached hydrogen (secondary N) is 1. The normalized spacial score (nSPS) is 23.2. The van der Waals surface area contributed by atoms with Crippen molar-refractivity contribution in [3.05, 3.63) is 35.4 Å². The molecule has 1 heterocycles. The van der Waals surface area contributed by atoms with Crippen LogP contribution >= 0.6 is 0 Å². The third-order valence-electron chi connectivity index (χ3n) is 3.59. The quantitative estimate of drug-likeness (QED) is 0.852. The molecule has 104 valence electrons. The van der Waals surface area contributed by atoms with Gasteiger partial charge in [-0.15, -0.1) is 0 Å². The molecule has 19 heavy (non-hydrogen) atoms. The van der Waals surface area contributed by atoms with E-state index in [0.29, 0.717) is 6.61 Å². The summed E-state index contributed by atoms with van der Waals surface area (Å²) in [5.74, 6) is -0.807. The van der Waals surface area contributed by atoms with Crippen LogP contribution in [-0.2, 0) is 22.6 Å². The number of aliphatic carboxylic acids is 1. The summed E-state index contributed by atoms with van der Waals surface area (Å²) in [6, 6.07) is 7.59. The van der Waals surface area contributed by atoms with Crippen LogP contribution in [0.5, 0.6) is 0 Å². The molecule has 1 aromatic carbocycles. The van der Waals surface area contributed by atoms with Crippen LogP contribution in [0.4, 0.5) is 0 Å². The third kappa shape index (κ3) is 4.04. The van der Waals surface area contributed by atoms with Gasteiger partial charge in [-0.05, 0) is 37.4 Å². The van der Waals surface area contributed by atoms with Crippen LogP contribution in [0.15, 0.2) is 24.3 Å². The van der Waals surface area contributed by atoms with Gasteiger partial charge in [0.2, 0.25) is 0 Å². The number of carbonyl (C=O) groups is 1. The zero-order chi connectivity index (χ0) is 13.7. The molecule has 4 heteroatoms. The first-order valence-corrected chi connectivity index (χ1v) is 6.72. The predicted molar refractivity (Wildman–Crippen MR) is 73.1 cm³/mol. The van der Waals surface area contributed by atoms with E-state index in [1.54, 1.807) is 0 Å². The van der Waals surface area contributed by atoms with Gasteiger partial charge in [-0.3, -0.25) is 4.79 Å². The highest BCUT2D eigenvalue weighted by Gasteiger charge is 2.27. The van der Waals surface area contributed by atoms with E-state index in [0.717, 1.165) is 37.1 Å². The maximum atomic E-state index is 10.8. The van der Waals surface area contributed by atoms with Crippen molar-refractivity contribution in [3.63, 3.8) is 0 Å². The van der Waals surface area contributed by atoms with Crippen LogP contribution in [0, 0.1) is 0 Å². The molecular formula is C15H21NO3. The van der Waals surface area contributed by atoms with Gasteiger partial charge in [-0.1, -0.05) is 24.3 Å². The molecule has 2 rings (SSSR count). The summed E-state index contributed by atoms with van der Waals surface area (Å²) in [5, 5.41) is 12.2. The molecule has 1 aliphatic heterocycles. The molecule has 1 aromatic rings. The van der Waals surface area contributed by atoms with Crippen molar-refractivity contribution < 1.29 is 14.6 Å². The van der Waals surface area contributed by atoms with Crippen LogP contribution in [0.2, 0.25) is 0 Å². The summed E-state index contributed by atoms with van der Waals surface area (Å²) < 4.78 is 6.02. The minimum atomic E-state index is -0.807. The van der Waals surface area contributed by atoms with Crippen LogP contribution in [0.3, 0.4) is 0 Å². The van der Waals surface area contributed by atoms with E-state index in [4.69, 9.17) is 9.84 Å².